The van der Waals surface area contributed by atoms with E-state index in [1.807, 2.05) is 30.3 Å². The molecule has 4 aromatic rings. The van der Waals surface area contributed by atoms with Gasteiger partial charge in [-0.25, -0.2) is 4.98 Å². The minimum absolute atomic E-state index is 0.109. The minimum atomic E-state index is -0.365. The highest BCUT2D eigenvalue weighted by Gasteiger charge is 2.18. The highest BCUT2D eigenvalue weighted by molar-refractivity contribution is 9.10. The fraction of sp³-hybridized carbons (Fsp3) is 0.118. The molecule has 0 aliphatic rings. The molecule has 0 radical (unpaired) electrons. The second-order valence-corrected chi connectivity index (χ2v) is 7.32. The summed E-state index contributed by atoms with van der Waals surface area (Å²) in [6, 6.07) is 13.1. The van der Waals surface area contributed by atoms with Crippen LogP contribution in [0.25, 0.3) is 26.4 Å². The van der Waals surface area contributed by atoms with Gasteiger partial charge in [-0.1, -0.05) is 46.3 Å². The zero-order valence-electron chi connectivity index (χ0n) is 12.7. The van der Waals surface area contributed by atoms with Crippen molar-refractivity contribution in [2.24, 2.45) is 0 Å². The van der Waals surface area contributed by atoms with Gasteiger partial charge in [0.2, 0.25) is 0 Å². The van der Waals surface area contributed by atoms with Gasteiger partial charge in [-0.05, 0) is 24.6 Å². The van der Waals surface area contributed by atoms with Gasteiger partial charge >= 0.3 is 0 Å². The predicted octanol–water partition coefficient (Wildman–Crippen LogP) is 5.45. The van der Waals surface area contributed by atoms with E-state index in [-0.39, 0.29) is 10.6 Å². The minimum Gasteiger partial charge on any atom is -0.287 e. The van der Waals surface area contributed by atoms with Crippen LogP contribution in [0.3, 0.4) is 0 Å². The average Bonchev–Trinajstić information content (AvgIpc) is 3.10. The van der Waals surface area contributed by atoms with Crippen molar-refractivity contribution in [2.45, 2.75) is 13.3 Å². The monoisotopic (exact) mass is 401 g/mol. The second kappa shape index (κ2) is 5.68. The summed E-state index contributed by atoms with van der Waals surface area (Å²) >= 11 is 4.93. The number of thiazole rings is 1. The molecule has 5 nitrogen and oxygen atoms in total. The normalized spacial score (nSPS) is 11.4. The Morgan fingerprint density at radius 1 is 1.25 bits per heavy atom. The van der Waals surface area contributed by atoms with Crippen molar-refractivity contribution in [3.63, 3.8) is 0 Å². The number of aromatic nitrogens is 2. The predicted molar refractivity (Wildman–Crippen MR) is 99.7 cm³/mol. The molecular weight excluding hydrogens is 390 g/mol. The van der Waals surface area contributed by atoms with E-state index >= 15 is 0 Å². The first kappa shape index (κ1) is 15.3. The summed E-state index contributed by atoms with van der Waals surface area (Å²) < 4.78 is 4.02. The molecule has 7 heteroatoms. The van der Waals surface area contributed by atoms with Crippen LogP contribution >= 0.6 is 27.3 Å². The molecule has 120 valence electrons. The highest BCUT2D eigenvalue weighted by atomic mass is 79.9. The van der Waals surface area contributed by atoms with Gasteiger partial charge in [0.05, 0.1) is 26.5 Å². The van der Waals surface area contributed by atoms with Crippen LogP contribution in [0.2, 0.25) is 0 Å². The summed E-state index contributed by atoms with van der Waals surface area (Å²) in [5, 5.41) is 11.0. The van der Waals surface area contributed by atoms with Gasteiger partial charge in [0.1, 0.15) is 0 Å². The molecule has 2 heterocycles. The Labute approximate surface area is 149 Å². The third-order valence-corrected chi connectivity index (χ3v) is 5.52. The Morgan fingerprint density at radius 3 is 2.67 bits per heavy atom. The summed E-state index contributed by atoms with van der Waals surface area (Å²) in [4.78, 5) is 16.3. The van der Waals surface area contributed by atoms with Crippen LogP contribution in [-0.2, 0) is 6.42 Å². The van der Waals surface area contributed by atoms with E-state index in [2.05, 4.69) is 27.3 Å². The molecule has 4 rings (SSSR count). The molecule has 0 fully saturated rings. The quantitative estimate of drug-likeness (QED) is 0.338. The number of nitro benzene ring substituents is 1. The van der Waals surface area contributed by atoms with Crippen LogP contribution in [0.1, 0.15) is 12.6 Å². The van der Waals surface area contributed by atoms with Crippen molar-refractivity contribution in [2.75, 3.05) is 0 Å². The van der Waals surface area contributed by atoms with E-state index in [0.717, 1.165) is 43.0 Å². The SMILES string of the molecule is CCc1c(-c2ccc(Br)cc2)nc2sc3cc([N+](=O)[O-])ccc3n12. The van der Waals surface area contributed by atoms with E-state index < -0.39 is 0 Å². The lowest BCUT2D eigenvalue weighted by Gasteiger charge is -2.03. The van der Waals surface area contributed by atoms with Crippen LogP contribution in [0, 0.1) is 10.1 Å². The van der Waals surface area contributed by atoms with Crippen LogP contribution < -0.4 is 0 Å². The molecule has 2 aromatic carbocycles. The van der Waals surface area contributed by atoms with Gasteiger partial charge in [0, 0.05) is 22.2 Å². The fourth-order valence-corrected chi connectivity index (χ4v) is 4.24. The summed E-state index contributed by atoms with van der Waals surface area (Å²) in [5.74, 6) is 0. The number of non-ortho nitro benzene ring substituents is 1. The van der Waals surface area contributed by atoms with Crippen molar-refractivity contribution in [3.05, 3.63) is 62.7 Å². The lowest BCUT2D eigenvalue weighted by molar-refractivity contribution is -0.384. The average molecular weight is 402 g/mol. The van der Waals surface area contributed by atoms with Crippen molar-refractivity contribution in [1.29, 1.82) is 0 Å². The molecule has 0 aliphatic carbocycles. The fourth-order valence-electron chi connectivity index (χ4n) is 2.89. The van der Waals surface area contributed by atoms with E-state index in [0.29, 0.717) is 0 Å². The van der Waals surface area contributed by atoms with Crippen LogP contribution in [0.5, 0.6) is 0 Å². The molecule has 0 spiro atoms. The summed E-state index contributed by atoms with van der Waals surface area (Å²) in [7, 11) is 0. The van der Waals surface area contributed by atoms with E-state index in [1.165, 1.54) is 11.3 Å². The topological polar surface area (TPSA) is 60.4 Å². The van der Waals surface area contributed by atoms with Crippen molar-refractivity contribution >= 4 is 48.1 Å². The molecular formula is C17H12BrN3O2S. The van der Waals surface area contributed by atoms with E-state index in [9.17, 15) is 10.1 Å². The van der Waals surface area contributed by atoms with Gasteiger partial charge in [0.15, 0.2) is 4.96 Å². The van der Waals surface area contributed by atoms with Crippen molar-refractivity contribution in [3.8, 4) is 11.3 Å². The third kappa shape index (κ3) is 2.32. The number of nitrogens with zero attached hydrogens (tertiary/aromatic N) is 3. The number of hydrogen-bond donors (Lipinski definition) is 0. The molecule has 0 saturated heterocycles. The maximum Gasteiger partial charge on any atom is 0.270 e. The summed E-state index contributed by atoms with van der Waals surface area (Å²) in [6.07, 6.45) is 0.829. The molecule has 0 N–H and O–H groups in total. The van der Waals surface area contributed by atoms with Crippen LogP contribution in [0.4, 0.5) is 5.69 Å². The molecule has 0 saturated carbocycles. The molecule has 2 aromatic heterocycles. The maximum atomic E-state index is 11.0. The Bertz CT molecular complexity index is 1080. The van der Waals surface area contributed by atoms with Gasteiger partial charge < -0.3 is 0 Å². The van der Waals surface area contributed by atoms with Gasteiger partial charge in [-0.2, -0.15) is 0 Å². The van der Waals surface area contributed by atoms with Gasteiger partial charge in [-0.3, -0.25) is 14.5 Å². The number of benzene rings is 2. The third-order valence-electron chi connectivity index (χ3n) is 3.99. The molecule has 24 heavy (non-hydrogen) atoms. The zero-order chi connectivity index (χ0) is 16.8. The number of imidazole rings is 1. The standard InChI is InChI=1S/C17H12BrN3O2S/c1-2-13-16(10-3-5-11(18)6-4-10)19-17-20(13)14-8-7-12(21(22)23)9-15(14)24-17/h3-9H,2H2,1H3. The molecule has 0 amide bonds. The molecule has 0 bridgehead atoms. The van der Waals surface area contributed by atoms with Crippen LogP contribution in [-0.4, -0.2) is 14.3 Å². The largest absolute Gasteiger partial charge is 0.287 e. The van der Waals surface area contributed by atoms with Crippen molar-refractivity contribution in [1.82, 2.24) is 9.38 Å². The molecule has 0 atom stereocenters. The number of hydrogen-bond acceptors (Lipinski definition) is 4. The number of aryl methyl sites for hydroxylation is 1. The smallest absolute Gasteiger partial charge is 0.270 e. The number of fused-ring (bicyclic) bond motifs is 3. The maximum absolute atomic E-state index is 11.0. The summed E-state index contributed by atoms with van der Waals surface area (Å²) in [5.41, 5.74) is 4.23. The lowest BCUT2D eigenvalue weighted by atomic mass is 10.1. The molecule has 0 unspecified atom stereocenters. The summed E-state index contributed by atoms with van der Waals surface area (Å²) in [6.45, 7) is 2.10. The highest BCUT2D eigenvalue weighted by Crippen LogP contribution is 2.35. The Kier molecular flexibility index (Phi) is 3.62. The first-order chi connectivity index (χ1) is 11.6. The van der Waals surface area contributed by atoms with Crippen molar-refractivity contribution < 1.29 is 4.92 Å². The first-order valence-electron chi connectivity index (χ1n) is 7.42. The van der Waals surface area contributed by atoms with Gasteiger partial charge in [0.25, 0.3) is 5.69 Å². The van der Waals surface area contributed by atoms with E-state index in [4.69, 9.17) is 4.98 Å². The lowest BCUT2D eigenvalue weighted by Crippen LogP contribution is -1.92. The first-order valence-corrected chi connectivity index (χ1v) is 9.03. The Morgan fingerprint density at radius 2 is 2.00 bits per heavy atom. The number of halogens is 1. The van der Waals surface area contributed by atoms with Gasteiger partial charge in [-0.15, -0.1) is 0 Å². The number of rotatable bonds is 3. The number of nitro groups is 1. The molecule has 0 aliphatic heterocycles. The van der Waals surface area contributed by atoms with Crippen LogP contribution in [0.15, 0.2) is 46.9 Å². The Hall–Kier alpha value is -2.25. The van der Waals surface area contributed by atoms with E-state index in [1.54, 1.807) is 12.1 Å². The second-order valence-electron chi connectivity index (χ2n) is 5.40. The zero-order valence-corrected chi connectivity index (χ0v) is 15.1. The Balaban J connectivity index is 1.98.